The van der Waals surface area contributed by atoms with E-state index in [-0.39, 0.29) is 17.9 Å². The van der Waals surface area contributed by atoms with Gasteiger partial charge in [-0.2, -0.15) is 0 Å². The summed E-state index contributed by atoms with van der Waals surface area (Å²) < 4.78 is 13.1. The first-order valence-electron chi connectivity index (χ1n) is 7.54. The SMILES string of the molecule is Cc1ccccc1NC(=O)N1CCC[C@@H]1c1ccc(F)cc1. The van der Waals surface area contributed by atoms with Crippen molar-refractivity contribution in [3.63, 3.8) is 0 Å². The number of carbonyl (C=O) groups is 1. The second kappa shape index (κ2) is 6.18. The quantitative estimate of drug-likeness (QED) is 0.869. The Hall–Kier alpha value is -2.36. The molecule has 0 aliphatic carbocycles. The van der Waals surface area contributed by atoms with Gasteiger partial charge in [-0.3, -0.25) is 0 Å². The number of carbonyl (C=O) groups excluding carboxylic acids is 1. The van der Waals surface area contributed by atoms with Crippen LogP contribution in [0, 0.1) is 12.7 Å². The van der Waals surface area contributed by atoms with Crippen molar-refractivity contribution in [1.82, 2.24) is 4.90 Å². The fourth-order valence-corrected chi connectivity index (χ4v) is 2.94. The van der Waals surface area contributed by atoms with Gasteiger partial charge in [-0.15, -0.1) is 0 Å². The molecule has 3 rings (SSSR count). The number of hydrogen-bond acceptors (Lipinski definition) is 1. The van der Waals surface area contributed by atoms with Crippen molar-refractivity contribution in [2.45, 2.75) is 25.8 Å². The number of aryl methyl sites for hydroxylation is 1. The second-order valence-corrected chi connectivity index (χ2v) is 5.65. The zero-order chi connectivity index (χ0) is 15.5. The van der Waals surface area contributed by atoms with Gasteiger partial charge in [0.25, 0.3) is 0 Å². The molecule has 0 aromatic heterocycles. The first-order chi connectivity index (χ1) is 10.6. The number of para-hydroxylation sites is 1. The molecule has 1 atom stereocenters. The number of rotatable bonds is 2. The van der Waals surface area contributed by atoms with Crippen LogP contribution in [0.25, 0.3) is 0 Å². The molecule has 0 unspecified atom stereocenters. The van der Waals surface area contributed by atoms with Gasteiger partial charge in [-0.1, -0.05) is 30.3 Å². The van der Waals surface area contributed by atoms with Crippen LogP contribution < -0.4 is 5.32 Å². The summed E-state index contributed by atoms with van der Waals surface area (Å²) in [5.74, 6) is -0.252. The van der Waals surface area contributed by atoms with E-state index in [0.717, 1.165) is 36.2 Å². The molecule has 114 valence electrons. The molecular weight excluding hydrogens is 279 g/mol. The highest BCUT2D eigenvalue weighted by Crippen LogP contribution is 2.32. The molecule has 1 aliphatic heterocycles. The van der Waals surface area contributed by atoms with Gasteiger partial charge in [0.2, 0.25) is 0 Å². The van der Waals surface area contributed by atoms with Crippen molar-refractivity contribution < 1.29 is 9.18 Å². The van der Waals surface area contributed by atoms with Crippen LogP contribution in [0.4, 0.5) is 14.9 Å². The van der Waals surface area contributed by atoms with Crippen LogP contribution in [-0.2, 0) is 0 Å². The number of likely N-dealkylation sites (tertiary alicyclic amines) is 1. The van der Waals surface area contributed by atoms with Gasteiger partial charge in [0.05, 0.1) is 6.04 Å². The molecule has 2 aromatic carbocycles. The molecule has 1 heterocycles. The minimum atomic E-state index is -0.252. The molecule has 2 aromatic rings. The monoisotopic (exact) mass is 298 g/mol. The number of anilines is 1. The van der Waals surface area contributed by atoms with E-state index in [1.807, 2.05) is 36.1 Å². The standard InChI is InChI=1S/C18H19FN2O/c1-13-5-2-3-6-16(13)20-18(22)21-12-4-7-17(21)14-8-10-15(19)11-9-14/h2-3,5-6,8-11,17H,4,7,12H2,1H3,(H,20,22)/t17-/m1/s1. The van der Waals surface area contributed by atoms with Gasteiger partial charge < -0.3 is 10.2 Å². The first-order valence-corrected chi connectivity index (χ1v) is 7.54. The van der Waals surface area contributed by atoms with E-state index in [1.54, 1.807) is 12.1 Å². The van der Waals surface area contributed by atoms with Gasteiger partial charge >= 0.3 is 6.03 Å². The number of hydrogen-bond donors (Lipinski definition) is 1. The van der Waals surface area contributed by atoms with E-state index < -0.39 is 0 Å². The molecule has 1 aliphatic rings. The fourth-order valence-electron chi connectivity index (χ4n) is 2.94. The van der Waals surface area contributed by atoms with Crippen LogP contribution in [0.15, 0.2) is 48.5 Å². The van der Waals surface area contributed by atoms with Gasteiger partial charge in [-0.25, -0.2) is 9.18 Å². The van der Waals surface area contributed by atoms with Gasteiger partial charge in [0.15, 0.2) is 0 Å². The number of benzene rings is 2. The lowest BCUT2D eigenvalue weighted by Gasteiger charge is -2.25. The van der Waals surface area contributed by atoms with Crippen LogP contribution in [0.2, 0.25) is 0 Å². The van der Waals surface area contributed by atoms with Crippen molar-refractivity contribution in [2.24, 2.45) is 0 Å². The Morgan fingerprint density at radius 1 is 1.18 bits per heavy atom. The van der Waals surface area contributed by atoms with Crippen molar-refractivity contribution in [3.8, 4) is 0 Å². The molecule has 1 fully saturated rings. The highest BCUT2D eigenvalue weighted by Gasteiger charge is 2.30. The molecule has 4 heteroatoms. The summed E-state index contributed by atoms with van der Waals surface area (Å²) in [5.41, 5.74) is 2.85. The summed E-state index contributed by atoms with van der Waals surface area (Å²) in [4.78, 5) is 14.4. The Morgan fingerprint density at radius 3 is 2.64 bits per heavy atom. The number of amides is 2. The third kappa shape index (κ3) is 2.96. The maximum Gasteiger partial charge on any atom is 0.322 e. The lowest BCUT2D eigenvalue weighted by atomic mass is 10.0. The van der Waals surface area contributed by atoms with Crippen LogP contribution in [0.1, 0.15) is 30.0 Å². The summed E-state index contributed by atoms with van der Waals surface area (Å²) in [6.07, 6.45) is 1.87. The largest absolute Gasteiger partial charge is 0.322 e. The molecule has 0 bridgehead atoms. The highest BCUT2D eigenvalue weighted by atomic mass is 19.1. The molecule has 2 amide bonds. The van der Waals surface area contributed by atoms with Crippen LogP contribution in [0.5, 0.6) is 0 Å². The molecule has 0 spiro atoms. The van der Waals surface area contributed by atoms with Crippen molar-refractivity contribution in [1.29, 1.82) is 0 Å². The summed E-state index contributed by atoms with van der Waals surface area (Å²) in [5, 5.41) is 2.98. The molecule has 1 saturated heterocycles. The summed E-state index contributed by atoms with van der Waals surface area (Å²) in [6, 6.07) is 14.1. The number of urea groups is 1. The first kappa shape index (κ1) is 14.6. The summed E-state index contributed by atoms with van der Waals surface area (Å²) in [6.45, 7) is 2.69. The Balaban J connectivity index is 1.76. The summed E-state index contributed by atoms with van der Waals surface area (Å²) >= 11 is 0. The van der Waals surface area contributed by atoms with E-state index in [0.29, 0.717) is 0 Å². The lowest BCUT2D eigenvalue weighted by molar-refractivity contribution is 0.207. The minimum Gasteiger partial charge on any atom is -0.317 e. The maximum absolute atomic E-state index is 13.1. The third-order valence-electron chi connectivity index (χ3n) is 4.16. The van der Waals surface area contributed by atoms with Gasteiger partial charge in [-0.05, 0) is 49.1 Å². The van der Waals surface area contributed by atoms with Crippen molar-refractivity contribution in [2.75, 3.05) is 11.9 Å². The van der Waals surface area contributed by atoms with Crippen LogP contribution >= 0.6 is 0 Å². The second-order valence-electron chi connectivity index (χ2n) is 5.65. The number of halogens is 1. The van der Waals surface area contributed by atoms with E-state index in [4.69, 9.17) is 0 Å². The molecule has 22 heavy (non-hydrogen) atoms. The maximum atomic E-state index is 13.1. The molecular formula is C18H19FN2O. The summed E-state index contributed by atoms with van der Waals surface area (Å²) in [7, 11) is 0. The average molecular weight is 298 g/mol. The zero-order valence-corrected chi connectivity index (χ0v) is 12.6. The van der Waals surface area contributed by atoms with Gasteiger partial charge in [0, 0.05) is 12.2 Å². The zero-order valence-electron chi connectivity index (χ0n) is 12.6. The predicted octanol–water partition coefficient (Wildman–Crippen LogP) is 4.50. The molecule has 0 radical (unpaired) electrons. The number of nitrogens with one attached hydrogen (secondary N) is 1. The lowest BCUT2D eigenvalue weighted by Crippen LogP contribution is -2.34. The topological polar surface area (TPSA) is 32.3 Å². The third-order valence-corrected chi connectivity index (χ3v) is 4.16. The van der Waals surface area contributed by atoms with Crippen LogP contribution in [-0.4, -0.2) is 17.5 Å². The van der Waals surface area contributed by atoms with E-state index in [1.165, 1.54) is 12.1 Å². The van der Waals surface area contributed by atoms with E-state index in [9.17, 15) is 9.18 Å². The van der Waals surface area contributed by atoms with Gasteiger partial charge in [0.1, 0.15) is 5.82 Å². The number of nitrogens with zero attached hydrogens (tertiary/aromatic N) is 1. The van der Waals surface area contributed by atoms with E-state index in [2.05, 4.69) is 5.32 Å². The highest BCUT2D eigenvalue weighted by molar-refractivity contribution is 5.90. The smallest absolute Gasteiger partial charge is 0.317 e. The predicted molar refractivity (Wildman–Crippen MR) is 85.3 cm³/mol. The fraction of sp³-hybridized carbons (Fsp3) is 0.278. The Morgan fingerprint density at radius 2 is 1.91 bits per heavy atom. The normalized spacial score (nSPS) is 17.5. The van der Waals surface area contributed by atoms with Crippen LogP contribution in [0.3, 0.4) is 0 Å². The van der Waals surface area contributed by atoms with E-state index >= 15 is 0 Å². The Bertz CT molecular complexity index is 669. The average Bonchev–Trinajstić information content (AvgIpc) is 3.00. The molecule has 0 saturated carbocycles. The minimum absolute atomic E-state index is 0.0182. The molecule has 3 nitrogen and oxygen atoms in total. The Labute approximate surface area is 129 Å². The Kier molecular flexibility index (Phi) is 4.09. The van der Waals surface area contributed by atoms with Crippen molar-refractivity contribution >= 4 is 11.7 Å². The van der Waals surface area contributed by atoms with Crippen molar-refractivity contribution in [3.05, 3.63) is 65.5 Å². The molecule has 1 N–H and O–H groups in total.